The molecule has 6 nitrogen and oxygen atoms in total. The highest BCUT2D eigenvalue weighted by Crippen LogP contribution is 2.26. The normalized spacial score (nSPS) is 10.5. The number of benzene rings is 2. The first kappa shape index (κ1) is 16.4. The zero-order valence-electron chi connectivity index (χ0n) is 13.7. The van der Waals surface area contributed by atoms with Crippen molar-refractivity contribution in [3.05, 3.63) is 59.7 Å². The van der Waals surface area contributed by atoms with Crippen molar-refractivity contribution in [2.75, 3.05) is 12.4 Å². The third kappa shape index (κ3) is 3.42. The number of Topliss-reactive ketones (excluding diaryl/α,β-unsaturated/α-hetero) is 1. The van der Waals surface area contributed by atoms with Gasteiger partial charge in [-0.25, -0.2) is 9.78 Å². The van der Waals surface area contributed by atoms with Crippen molar-refractivity contribution in [3.8, 4) is 5.75 Å². The van der Waals surface area contributed by atoms with Crippen LogP contribution in [0.3, 0.4) is 0 Å². The molecule has 0 spiro atoms. The predicted molar refractivity (Wildman–Crippen MR) is 95.0 cm³/mol. The van der Waals surface area contributed by atoms with Crippen LogP contribution in [-0.2, 0) is 0 Å². The molecule has 1 heterocycles. The first-order valence-corrected chi connectivity index (χ1v) is 7.58. The van der Waals surface area contributed by atoms with Crippen LogP contribution in [0.2, 0.25) is 0 Å². The second-order valence-corrected chi connectivity index (χ2v) is 5.51. The highest BCUT2D eigenvalue weighted by atomic mass is 16.5. The quantitative estimate of drug-likeness (QED) is 0.687. The molecule has 2 N–H and O–H groups in total. The summed E-state index contributed by atoms with van der Waals surface area (Å²) in [7, 11) is 1.55. The van der Waals surface area contributed by atoms with Gasteiger partial charge in [-0.3, -0.25) is 4.79 Å². The van der Waals surface area contributed by atoms with Gasteiger partial charge in [-0.2, -0.15) is 0 Å². The Morgan fingerprint density at radius 2 is 1.92 bits per heavy atom. The van der Waals surface area contributed by atoms with Crippen molar-refractivity contribution in [1.29, 1.82) is 0 Å². The summed E-state index contributed by atoms with van der Waals surface area (Å²) in [6, 6.07) is 13.6. The molecule has 0 saturated carbocycles. The van der Waals surface area contributed by atoms with Crippen molar-refractivity contribution in [2.24, 2.45) is 0 Å². The van der Waals surface area contributed by atoms with E-state index in [9.17, 15) is 14.7 Å². The summed E-state index contributed by atoms with van der Waals surface area (Å²) < 4.78 is 5.19. The number of hydrogen-bond donors (Lipinski definition) is 2. The first-order chi connectivity index (χ1) is 12.0. The van der Waals surface area contributed by atoms with Crippen LogP contribution in [0.5, 0.6) is 5.75 Å². The number of rotatable bonds is 5. The van der Waals surface area contributed by atoms with E-state index in [4.69, 9.17) is 4.74 Å². The molecule has 0 aliphatic rings. The van der Waals surface area contributed by atoms with Crippen molar-refractivity contribution in [2.45, 2.75) is 6.92 Å². The molecule has 0 atom stereocenters. The predicted octanol–water partition coefficient (Wildman–Crippen LogP) is 3.89. The van der Waals surface area contributed by atoms with E-state index in [1.54, 1.807) is 55.6 Å². The number of methoxy groups -OCH3 is 1. The van der Waals surface area contributed by atoms with Crippen LogP contribution in [-0.4, -0.2) is 29.0 Å². The fourth-order valence-electron chi connectivity index (χ4n) is 2.48. The van der Waals surface area contributed by atoms with E-state index in [1.807, 2.05) is 0 Å². The molecule has 0 unspecified atom stereocenters. The maximum atomic E-state index is 11.6. The first-order valence-electron chi connectivity index (χ1n) is 7.58. The molecule has 0 saturated heterocycles. The van der Waals surface area contributed by atoms with Crippen LogP contribution in [0.25, 0.3) is 10.9 Å². The number of anilines is 2. The molecule has 3 aromatic rings. The zero-order valence-corrected chi connectivity index (χ0v) is 13.7. The van der Waals surface area contributed by atoms with Gasteiger partial charge in [0.1, 0.15) is 17.1 Å². The Labute approximate surface area is 144 Å². The molecular formula is C19H16N2O4. The van der Waals surface area contributed by atoms with E-state index < -0.39 is 5.97 Å². The second kappa shape index (κ2) is 6.60. The minimum absolute atomic E-state index is 0.0471. The largest absolute Gasteiger partial charge is 0.497 e. The van der Waals surface area contributed by atoms with Crippen molar-refractivity contribution in [3.63, 3.8) is 0 Å². The lowest BCUT2D eigenvalue weighted by atomic mass is 10.1. The van der Waals surface area contributed by atoms with Gasteiger partial charge in [-0.05, 0) is 37.3 Å². The number of nitrogens with one attached hydrogen (secondary N) is 1. The van der Waals surface area contributed by atoms with E-state index in [2.05, 4.69) is 10.3 Å². The number of aromatic nitrogens is 1. The molecule has 25 heavy (non-hydrogen) atoms. The molecule has 0 aliphatic heterocycles. The van der Waals surface area contributed by atoms with Gasteiger partial charge in [0.25, 0.3) is 0 Å². The summed E-state index contributed by atoms with van der Waals surface area (Å²) in [6.45, 7) is 1.47. The Kier molecular flexibility index (Phi) is 4.35. The fourth-order valence-corrected chi connectivity index (χ4v) is 2.48. The minimum Gasteiger partial charge on any atom is -0.497 e. The van der Waals surface area contributed by atoms with Gasteiger partial charge in [-0.15, -0.1) is 0 Å². The van der Waals surface area contributed by atoms with E-state index in [-0.39, 0.29) is 17.2 Å². The molecular weight excluding hydrogens is 320 g/mol. The maximum absolute atomic E-state index is 11.6. The lowest BCUT2D eigenvalue weighted by Crippen LogP contribution is -2.06. The van der Waals surface area contributed by atoms with Gasteiger partial charge in [0.15, 0.2) is 5.78 Å². The summed E-state index contributed by atoms with van der Waals surface area (Å²) in [5.41, 5.74) is 1.77. The molecule has 0 bridgehead atoms. The number of carboxylic acids is 1. The molecule has 3 rings (SSSR count). The van der Waals surface area contributed by atoms with Crippen molar-refractivity contribution < 1.29 is 19.4 Å². The highest BCUT2D eigenvalue weighted by molar-refractivity contribution is 5.99. The topological polar surface area (TPSA) is 88.5 Å². The van der Waals surface area contributed by atoms with E-state index >= 15 is 0 Å². The number of carbonyl (C=O) groups is 2. The summed E-state index contributed by atoms with van der Waals surface area (Å²) in [4.78, 5) is 27.5. The third-order valence-corrected chi connectivity index (χ3v) is 3.79. The number of fused-ring (bicyclic) bond motifs is 1. The van der Waals surface area contributed by atoms with Gasteiger partial charge < -0.3 is 15.2 Å². The number of aromatic carboxylic acids is 1. The van der Waals surface area contributed by atoms with Gasteiger partial charge in [-0.1, -0.05) is 12.1 Å². The molecule has 6 heteroatoms. The summed E-state index contributed by atoms with van der Waals surface area (Å²) >= 11 is 0. The van der Waals surface area contributed by atoms with Crippen molar-refractivity contribution in [1.82, 2.24) is 4.98 Å². The smallest absolute Gasteiger partial charge is 0.339 e. The SMILES string of the molecule is COc1ccc2cc(C(=O)O)c(Nc3cccc(C(C)=O)c3)nc2c1. The minimum atomic E-state index is -1.09. The van der Waals surface area contributed by atoms with Crippen LogP contribution in [0, 0.1) is 0 Å². The molecule has 2 aromatic carbocycles. The molecule has 0 radical (unpaired) electrons. The number of carbonyl (C=O) groups excluding carboxylic acids is 1. The fraction of sp³-hybridized carbons (Fsp3) is 0.105. The van der Waals surface area contributed by atoms with Gasteiger partial charge in [0.2, 0.25) is 0 Å². The Balaban J connectivity index is 2.09. The van der Waals surface area contributed by atoms with Gasteiger partial charge >= 0.3 is 5.97 Å². The molecule has 0 aliphatic carbocycles. The molecule has 126 valence electrons. The van der Waals surface area contributed by atoms with E-state index in [0.717, 1.165) is 0 Å². The standard InChI is InChI=1S/C19H16N2O4/c1-11(22)12-4-3-5-14(8-12)20-18-16(19(23)24)9-13-6-7-15(25-2)10-17(13)21-18/h3-10H,1-2H3,(H,20,21)(H,23,24). The number of carboxylic acid groups (broad SMARTS) is 1. The van der Waals surface area contributed by atoms with Crippen LogP contribution in [0.1, 0.15) is 27.6 Å². The number of ether oxygens (including phenoxy) is 1. The summed E-state index contributed by atoms with van der Waals surface area (Å²) in [5, 5.41) is 13.2. The van der Waals surface area contributed by atoms with Gasteiger partial charge in [0, 0.05) is 22.7 Å². The Bertz CT molecular complexity index is 982. The van der Waals surface area contributed by atoms with Crippen LogP contribution >= 0.6 is 0 Å². The lowest BCUT2D eigenvalue weighted by molar-refractivity contribution is 0.0697. The average Bonchev–Trinajstić information content (AvgIpc) is 2.60. The number of ketones is 1. The Morgan fingerprint density at radius 1 is 1.12 bits per heavy atom. The maximum Gasteiger partial charge on any atom is 0.339 e. The van der Waals surface area contributed by atoms with E-state index in [0.29, 0.717) is 27.9 Å². The lowest BCUT2D eigenvalue weighted by Gasteiger charge is -2.11. The molecule has 1 aromatic heterocycles. The van der Waals surface area contributed by atoms with Crippen LogP contribution < -0.4 is 10.1 Å². The average molecular weight is 336 g/mol. The number of pyridine rings is 1. The van der Waals surface area contributed by atoms with Crippen LogP contribution in [0.15, 0.2) is 48.5 Å². The van der Waals surface area contributed by atoms with Crippen LogP contribution in [0.4, 0.5) is 11.5 Å². The number of nitrogens with zero attached hydrogens (tertiary/aromatic N) is 1. The molecule has 0 amide bonds. The zero-order chi connectivity index (χ0) is 18.0. The Hall–Kier alpha value is -3.41. The monoisotopic (exact) mass is 336 g/mol. The summed E-state index contributed by atoms with van der Waals surface area (Å²) in [6.07, 6.45) is 0. The Morgan fingerprint density at radius 3 is 2.60 bits per heavy atom. The summed E-state index contributed by atoms with van der Waals surface area (Å²) in [5.74, 6) is -0.324. The third-order valence-electron chi connectivity index (χ3n) is 3.79. The molecule has 0 fully saturated rings. The van der Waals surface area contributed by atoms with Crippen molar-refractivity contribution >= 4 is 34.2 Å². The van der Waals surface area contributed by atoms with Gasteiger partial charge in [0.05, 0.1) is 12.6 Å². The highest BCUT2D eigenvalue weighted by Gasteiger charge is 2.14. The second-order valence-electron chi connectivity index (χ2n) is 5.51. The number of hydrogen-bond acceptors (Lipinski definition) is 5. The van der Waals surface area contributed by atoms with E-state index in [1.165, 1.54) is 6.92 Å².